The third kappa shape index (κ3) is 28.8. The molecule has 0 saturated heterocycles. The number of nitrogens with zero attached hydrogens (tertiary/aromatic N) is 11. The number of rotatable bonds is 18. The fourth-order valence-electron chi connectivity index (χ4n) is 11.1. The van der Waals surface area contributed by atoms with Gasteiger partial charge in [-0.2, -0.15) is 25.8 Å². The molecular formula is C93H84BrN14NaO10. The summed E-state index contributed by atoms with van der Waals surface area (Å²) < 4.78 is 19.8. The van der Waals surface area contributed by atoms with Gasteiger partial charge >= 0.3 is 47.5 Å². The number of pyridine rings is 3. The number of anilines is 2. The van der Waals surface area contributed by atoms with Crippen molar-refractivity contribution in [2.45, 2.75) is 26.2 Å². The number of hydrogen-bond donors (Lipinski definition) is 5. The number of ether oxygens (including phenoxy) is 3. The number of nitrogens with two attached hydrogens (primary N) is 2. The Morgan fingerprint density at radius 3 is 1.24 bits per heavy atom. The van der Waals surface area contributed by atoms with Gasteiger partial charge in [-0.1, -0.05) is 224 Å². The smallest absolute Gasteiger partial charge is 0.870 e. The predicted octanol–water partition coefficient (Wildman–Crippen LogP) is 15.1. The van der Waals surface area contributed by atoms with Gasteiger partial charge in [-0.15, -0.1) is 0 Å². The molecule has 0 radical (unpaired) electrons. The number of halogens is 1. The number of hydrogen-bond acceptors (Lipinski definition) is 20. The molecule has 0 spiro atoms. The summed E-state index contributed by atoms with van der Waals surface area (Å²) in [6.07, 6.45) is 17.2. The van der Waals surface area contributed by atoms with Gasteiger partial charge in [0.25, 0.3) is 6.47 Å². The number of benzene rings is 9. The zero-order valence-electron chi connectivity index (χ0n) is 65.5. The summed E-state index contributed by atoms with van der Waals surface area (Å²) in [6, 6.07) is 96.9. The van der Waals surface area contributed by atoms with Crippen LogP contribution >= 0.6 is 15.9 Å². The molecule has 0 aliphatic rings. The average molecular weight is 1660 g/mol. The van der Waals surface area contributed by atoms with Gasteiger partial charge in [0.05, 0.1) is 113 Å². The Labute approximate surface area is 720 Å². The number of aromatic nitrogens is 9. The van der Waals surface area contributed by atoms with Gasteiger partial charge in [-0.05, 0) is 129 Å². The van der Waals surface area contributed by atoms with Crippen molar-refractivity contribution >= 4 is 57.4 Å². The zero-order chi connectivity index (χ0) is 83.2. The Morgan fingerprint density at radius 1 is 0.496 bits per heavy atom. The Balaban J connectivity index is 0.000000223. The number of para-hydroxylation sites is 4. The summed E-state index contributed by atoms with van der Waals surface area (Å²) in [5.41, 5.74) is 25.3. The molecule has 8 N–H and O–H groups in total. The monoisotopic (exact) mass is 1660 g/mol. The van der Waals surface area contributed by atoms with E-state index in [1.807, 2.05) is 277 Å². The molecule has 15 aromatic rings. The van der Waals surface area contributed by atoms with Gasteiger partial charge < -0.3 is 41.1 Å². The van der Waals surface area contributed by atoms with Crippen LogP contribution in [-0.4, -0.2) is 105 Å². The van der Waals surface area contributed by atoms with Gasteiger partial charge in [0.1, 0.15) is 11.9 Å². The molecule has 0 amide bonds. The molecule has 0 bridgehead atoms. The van der Waals surface area contributed by atoms with E-state index >= 15 is 0 Å². The second-order valence-electron chi connectivity index (χ2n) is 24.3. The van der Waals surface area contributed by atoms with E-state index in [4.69, 9.17) is 31.9 Å². The fraction of sp³-hybridized carbons (Fsp3) is 0.0753. The number of nitriles is 2. The summed E-state index contributed by atoms with van der Waals surface area (Å²) in [5.74, 6) is 4.07. The van der Waals surface area contributed by atoms with Crippen LogP contribution in [0.15, 0.2) is 358 Å². The molecule has 6 heterocycles. The number of aliphatic hydroxyl groups is 1. The first-order valence-corrected chi connectivity index (χ1v) is 37.0. The van der Waals surface area contributed by atoms with Crippen molar-refractivity contribution in [3.63, 3.8) is 0 Å². The molecule has 26 heteroatoms. The van der Waals surface area contributed by atoms with Crippen LogP contribution in [0.4, 0.5) is 11.5 Å². The molecule has 119 heavy (non-hydrogen) atoms. The summed E-state index contributed by atoms with van der Waals surface area (Å²) >= 11 is 3.17. The minimum Gasteiger partial charge on any atom is -0.870 e. The minimum atomic E-state index is -0.959. The van der Waals surface area contributed by atoms with Crippen molar-refractivity contribution < 1.29 is 78.6 Å². The number of aromatic carboxylic acids is 1. The standard InChI is InChI=1S/C23H19N3O2.C22H17N3O2.C15H13N3.C9H7NO.C8H7N.C7H6BrNO2.C6H8N2.C3H6O2.Na.H2O/c1-28-23(27)20-12-13-24-15-18(20)14-22-21(17-8-4-2-5-9-17)16-25-26(22)19-10-6-3-7-11-19;26-22(27)19-11-12-23-14-17(19)13-21-20(16-7-3-1-4-8-16)15-24-25(21)18-9-5-2-6-10-18;16-15-14(12-7-3-1-4-8-12)11-17-18(15)13-9-5-2-6-10-13;10-6-9(7-11)8-4-2-1-3-5-8;9-7-6-8-4-2-1-3-5-8;1-11-7(10)5-2-3-9-4-6(5)8;7-8-6-4-2-1-3-5-6;1-2-5-3-4;;/h2-13,15-16H,14H2,1H3;1-12,14-15H,13H2,(H,26,27);1-11H,16H2;1-5,7,11H;1-5H,6H2;2-4H,1H3;1-5,8H,7H2;3H,2H2,1H3;;1H2/q;;;;;;;;+1;/p-1/b;;;9-7-;;;;;;. The number of hydrazine groups is 1. The first kappa shape index (κ1) is 93.3. The van der Waals surface area contributed by atoms with Crippen molar-refractivity contribution in [3.8, 4) is 62.6 Å². The molecule has 0 aliphatic carbocycles. The molecule has 0 saturated carbocycles. The number of carbonyl (C=O) groups is 4. The van der Waals surface area contributed by atoms with E-state index < -0.39 is 5.97 Å². The first-order valence-electron chi connectivity index (χ1n) is 36.2. The Bertz CT molecular complexity index is 5470. The quantitative estimate of drug-likeness (QED) is 0.00778. The molecule has 15 rings (SSSR count). The maximum absolute atomic E-state index is 12.2. The number of aliphatic hydroxyl groups excluding tert-OH is 1. The summed E-state index contributed by atoms with van der Waals surface area (Å²) in [4.78, 5) is 56.1. The molecule has 6 aromatic heterocycles. The van der Waals surface area contributed by atoms with Crippen LogP contribution in [0.3, 0.4) is 0 Å². The zero-order valence-corrected chi connectivity index (χ0v) is 69.1. The second kappa shape index (κ2) is 52.0. The third-order valence-electron chi connectivity index (χ3n) is 16.8. The second-order valence-corrected chi connectivity index (χ2v) is 25.1. The minimum absolute atomic E-state index is 0. The summed E-state index contributed by atoms with van der Waals surface area (Å²) in [6.45, 7) is 2.66. The normalized spacial score (nSPS) is 9.82. The summed E-state index contributed by atoms with van der Waals surface area (Å²) in [7, 11) is 2.73. The Kier molecular flexibility index (Phi) is 40.8. The van der Waals surface area contributed by atoms with Crippen LogP contribution in [0, 0.1) is 22.7 Å². The molecule has 0 aliphatic heterocycles. The predicted molar refractivity (Wildman–Crippen MR) is 459 cm³/mol. The first-order chi connectivity index (χ1) is 57.3. The number of carboxylic acid groups (broad SMARTS) is 1. The van der Waals surface area contributed by atoms with E-state index in [-0.39, 0.29) is 58.1 Å². The number of nitrogens with one attached hydrogen (secondary N) is 1. The summed E-state index contributed by atoms with van der Waals surface area (Å²) in [5, 5.41) is 48.5. The van der Waals surface area contributed by atoms with Crippen LogP contribution in [0.2, 0.25) is 0 Å². The van der Waals surface area contributed by atoms with Crippen molar-refractivity contribution in [3.05, 3.63) is 408 Å². The van der Waals surface area contributed by atoms with Crippen LogP contribution in [-0.2, 0) is 38.3 Å². The molecular weight excluding hydrogens is 1580 g/mol. The van der Waals surface area contributed by atoms with Crippen molar-refractivity contribution in [2.75, 3.05) is 32.0 Å². The number of carbonyl (C=O) groups excluding carboxylic acids is 3. The van der Waals surface area contributed by atoms with E-state index in [0.717, 1.165) is 90.5 Å². The molecule has 0 atom stereocenters. The van der Waals surface area contributed by atoms with Gasteiger partial charge in [0.15, 0.2) is 0 Å². The molecule has 0 unspecified atom stereocenters. The SMILES string of the molecule is CCOC=O.COC(=O)c1ccncc1Br.COC(=O)c1ccncc1Cc1c(-c2ccccc2)cnn1-c1ccccc1.N#C/C(=C/O)c1ccccc1.N#CCc1ccccc1.NNc1ccccc1.Nc1c(-c2ccccc2)cnn1-c1ccccc1.O=C(O)c1ccncc1Cc1c(-c2ccccc2)cnn1-c1ccccc1.[Na+].[OH-]. The van der Waals surface area contributed by atoms with Gasteiger partial charge in [0.2, 0.25) is 0 Å². The molecule has 9 aromatic carbocycles. The third-order valence-corrected chi connectivity index (χ3v) is 17.4. The maximum Gasteiger partial charge on any atom is 1.00 e. The topological polar surface area (TPSA) is 370 Å². The Morgan fingerprint density at radius 2 is 0.857 bits per heavy atom. The molecule has 24 nitrogen and oxygen atoms in total. The Hall–Kier alpha value is -14.5. The van der Waals surface area contributed by atoms with Crippen LogP contribution in [0.1, 0.15) is 71.6 Å². The molecule has 0 fully saturated rings. The van der Waals surface area contributed by atoms with Gasteiger partial charge in [-0.25, -0.2) is 28.4 Å². The molecule has 594 valence electrons. The largest absolute Gasteiger partial charge is 1.00 e. The van der Waals surface area contributed by atoms with Crippen molar-refractivity contribution in [2.24, 2.45) is 5.84 Å². The van der Waals surface area contributed by atoms with E-state index in [2.05, 4.69) is 79.3 Å². The van der Waals surface area contributed by atoms with Crippen LogP contribution in [0.5, 0.6) is 0 Å². The average Bonchev–Trinajstić information content (AvgIpc) is 1.66. The number of allylic oxidation sites excluding steroid dienone is 1. The van der Waals surface area contributed by atoms with Gasteiger partial charge in [-0.3, -0.25) is 25.6 Å². The number of carboxylic acids is 1. The fourth-order valence-corrected chi connectivity index (χ4v) is 11.5. The number of nitrogen functional groups attached to an aromatic ring is 2. The van der Waals surface area contributed by atoms with E-state index in [1.54, 1.807) is 66.9 Å². The van der Waals surface area contributed by atoms with Crippen LogP contribution < -0.4 is 46.6 Å². The van der Waals surface area contributed by atoms with Gasteiger partial charge in [0, 0.05) is 72.4 Å². The van der Waals surface area contributed by atoms with E-state index in [1.165, 1.54) is 32.7 Å². The number of esters is 2. The van der Waals surface area contributed by atoms with E-state index in [9.17, 15) is 24.3 Å². The van der Waals surface area contributed by atoms with Crippen molar-refractivity contribution in [1.82, 2.24) is 44.3 Å². The maximum atomic E-state index is 12.2. The van der Waals surface area contributed by atoms with Crippen molar-refractivity contribution in [1.29, 1.82) is 10.5 Å². The number of methoxy groups -OCH3 is 2. The van der Waals surface area contributed by atoms with Crippen LogP contribution in [0.25, 0.3) is 56.0 Å². The van der Waals surface area contributed by atoms with E-state index in [0.29, 0.717) is 59.3 Å².